The molecule has 2 rings (SSSR count). The number of hydrogen-bond donors (Lipinski definition) is 1. The first-order chi connectivity index (χ1) is 10.3. The minimum absolute atomic E-state index is 0.318. The lowest BCUT2D eigenvalue weighted by Crippen LogP contribution is -2.36. The van der Waals surface area contributed by atoms with E-state index in [9.17, 15) is 4.79 Å². The van der Waals surface area contributed by atoms with Gasteiger partial charge in [-0.05, 0) is 49.9 Å². The van der Waals surface area contributed by atoms with Crippen LogP contribution in [0.15, 0.2) is 37.2 Å². The summed E-state index contributed by atoms with van der Waals surface area (Å²) in [6.07, 6.45) is 10.3. The van der Waals surface area contributed by atoms with E-state index in [0.29, 0.717) is 18.4 Å². The molecule has 4 heteroatoms. The lowest BCUT2D eigenvalue weighted by molar-refractivity contribution is -0.129. The van der Waals surface area contributed by atoms with Gasteiger partial charge in [0.1, 0.15) is 0 Å². The summed E-state index contributed by atoms with van der Waals surface area (Å²) in [7, 11) is 0. The molecule has 1 fully saturated rings. The number of likely N-dealkylation sites (tertiary alicyclic amines) is 1. The van der Waals surface area contributed by atoms with Gasteiger partial charge in [-0.1, -0.05) is 6.08 Å². The number of aryl methyl sites for hydroxylation is 1. The average molecular weight is 287 g/mol. The van der Waals surface area contributed by atoms with Crippen molar-refractivity contribution in [1.29, 1.82) is 0 Å². The summed E-state index contributed by atoms with van der Waals surface area (Å²) in [5.74, 6) is 0.318. The molecule has 1 aliphatic heterocycles. The summed E-state index contributed by atoms with van der Waals surface area (Å²) in [6.45, 7) is 6.35. The van der Waals surface area contributed by atoms with E-state index in [4.69, 9.17) is 0 Å². The van der Waals surface area contributed by atoms with Gasteiger partial charge in [0.2, 0.25) is 5.91 Å². The normalized spacial score (nSPS) is 18.2. The van der Waals surface area contributed by atoms with Gasteiger partial charge >= 0.3 is 0 Å². The Morgan fingerprint density at radius 1 is 1.43 bits per heavy atom. The number of carbonyl (C=O) groups is 1. The van der Waals surface area contributed by atoms with Crippen molar-refractivity contribution < 1.29 is 4.79 Å². The van der Waals surface area contributed by atoms with Gasteiger partial charge < -0.3 is 10.2 Å². The van der Waals surface area contributed by atoms with Crippen LogP contribution >= 0.6 is 0 Å². The molecule has 4 nitrogen and oxygen atoms in total. The fourth-order valence-corrected chi connectivity index (χ4v) is 2.88. The third-order valence-electron chi connectivity index (χ3n) is 4.01. The van der Waals surface area contributed by atoms with E-state index in [0.717, 1.165) is 45.3 Å². The smallest absolute Gasteiger partial charge is 0.222 e. The second-order valence-corrected chi connectivity index (χ2v) is 5.52. The van der Waals surface area contributed by atoms with Gasteiger partial charge in [-0.3, -0.25) is 9.78 Å². The standard InChI is InChI=1S/C17H25N3O/c1-2-10-18-13-9-16-5-6-17(21)20(16)14-3-4-15-7-11-19-12-8-15/h2,7-8,11-12,16,18H,1,3-6,9-10,13-14H2/t16-/m0/s1. The zero-order valence-electron chi connectivity index (χ0n) is 12.6. The van der Waals surface area contributed by atoms with E-state index in [2.05, 4.69) is 21.8 Å². The zero-order chi connectivity index (χ0) is 14.9. The monoisotopic (exact) mass is 287 g/mol. The lowest BCUT2D eigenvalue weighted by Gasteiger charge is -2.25. The first-order valence-electron chi connectivity index (χ1n) is 7.81. The molecule has 1 aliphatic rings. The Bertz CT molecular complexity index is 447. The maximum Gasteiger partial charge on any atom is 0.222 e. The highest BCUT2D eigenvalue weighted by atomic mass is 16.2. The first kappa shape index (κ1) is 15.7. The Kier molecular flexibility index (Phi) is 6.41. The summed E-state index contributed by atoms with van der Waals surface area (Å²) in [5.41, 5.74) is 1.29. The van der Waals surface area contributed by atoms with Crippen LogP contribution in [0.4, 0.5) is 0 Å². The van der Waals surface area contributed by atoms with Gasteiger partial charge in [0.25, 0.3) is 0 Å². The van der Waals surface area contributed by atoms with Crippen LogP contribution in [0.5, 0.6) is 0 Å². The molecular weight excluding hydrogens is 262 g/mol. The van der Waals surface area contributed by atoms with Crippen LogP contribution in [0.1, 0.15) is 31.2 Å². The van der Waals surface area contributed by atoms with Gasteiger partial charge in [0.15, 0.2) is 0 Å². The van der Waals surface area contributed by atoms with Gasteiger partial charge in [-0.15, -0.1) is 6.58 Å². The van der Waals surface area contributed by atoms with E-state index < -0.39 is 0 Å². The van der Waals surface area contributed by atoms with Crippen molar-refractivity contribution in [3.63, 3.8) is 0 Å². The van der Waals surface area contributed by atoms with E-state index >= 15 is 0 Å². The third-order valence-corrected chi connectivity index (χ3v) is 4.01. The minimum atomic E-state index is 0.318. The summed E-state index contributed by atoms with van der Waals surface area (Å²) >= 11 is 0. The molecule has 0 spiro atoms. The molecule has 21 heavy (non-hydrogen) atoms. The second kappa shape index (κ2) is 8.57. The Morgan fingerprint density at radius 3 is 3.00 bits per heavy atom. The Balaban J connectivity index is 1.73. The largest absolute Gasteiger partial charge is 0.340 e. The molecular formula is C17H25N3O. The topological polar surface area (TPSA) is 45.2 Å². The Hall–Kier alpha value is -1.68. The highest BCUT2D eigenvalue weighted by molar-refractivity contribution is 5.78. The van der Waals surface area contributed by atoms with Crippen LogP contribution in [0.25, 0.3) is 0 Å². The van der Waals surface area contributed by atoms with Crippen LogP contribution in [-0.4, -0.2) is 41.5 Å². The van der Waals surface area contributed by atoms with Crippen molar-refractivity contribution >= 4 is 5.91 Å². The van der Waals surface area contributed by atoms with Crippen LogP contribution in [0.2, 0.25) is 0 Å². The summed E-state index contributed by atoms with van der Waals surface area (Å²) < 4.78 is 0. The number of pyridine rings is 1. The zero-order valence-corrected chi connectivity index (χ0v) is 12.6. The highest BCUT2D eigenvalue weighted by Crippen LogP contribution is 2.21. The SMILES string of the molecule is C=CCNCC[C@@H]1CCC(=O)N1CCCc1ccncc1. The molecule has 2 heterocycles. The molecule has 1 saturated heterocycles. The molecule has 0 bridgehead atoms. The first-order valence-corrected chi connectivity index (χ1v) is 7.81. The van der Waals surface area contributed by atoms with Crippen LogP contribution < -0.4 is 5.32 Å². The number of rotatable bonds is 9. The molecule has 1 N–H and O–H groups in total. The summed E-state index contributed by atoms with van der Waals surface area (Å²) in [5, 5.41) is 3.32. The van der Waals surface area contributed by atoms with E-state index in [-0.39, 0.29) is 0 Å². The molecule has 0 saturated carbocycles. The van der Waals surface area contributed by atoms with E-state index in [1.165, 1.54) is 5.56 Å². The van der Waals surface area contributed by atoms with E-state index in [1.807, 2.05) is 30.6 Å². The van der Waals surface area contributed by atoms with Crippen molar-refractivity contribution in [3.8, 4) is 0 Å². The fourth-order valence-electron chi connectivity index (χ4n) is 2.88. The van der Waals surface area contributed by atoms with Crippen LogP contribution in [0, 0.1) is 0 Å². The van der Waals surface area contributed by atoms with Gasteiger partial charge in [-0.25, -0.2) is 0 Å². The van der Waals surface area contributed by atoms with Gasteiger partial charge in [0.05, 0.1) is 0 Å². The fraction of sp³-hybridized carbons (Fsp3) is 0.529. The molecule has 114 valence electrons. The number of nitrogens with one attached hydrogen (secondary N) is 1. The van der Waals surface area contributed by atoms with Crippen molar-refractivity contribution in [3.05, 3.63) is 42.7 Å². The second-order valence-electron chi connectivity index (χ2n) is 5.52. The average Bonchev–Trinajstić information content (AvgIpc) is 2.86. The molecule has 0 aliphatic carbocycles. The Morgan fingerprint density at radius 2 is 2.24 bits per heavy atom. The third kappa shape index (κ3) is 4.97. The number of amides is 1. The van der Waals surface area contributed by atoms with Crippen LogP contribution in [-0.2, 0) is 11.2 Å². The van der Waals surface area contributed by atoms with Gasteiger partial charge in [-0.2, -0.15) is 0 Å². The molecule has 1 amide bonds. The van der Waals surface area contributed by atoms with Gasteiger partial charge in [0, 0.05) is 37.9 Å². The predicted octanol–water partition coefficient (Wildman–Crippen LogP) is 2.17. The van der Waals surface area contributed by atoms with Crippen molar-refractivity contribution in [2.45, 2.75) is 38.1 Å². The number of nitrogens with zero attached hydrogens (tertiary/aromatic N) is 2. The number of aromatic nitrogens is 1. The minimum Gasteiger partial charge on any atom is -0.340 e. The predicted molar refractivity (Wildman–Crippen MR) is 85.0 cm³/mol. The lowest BCUT2D eigenvalue weighted by atomic mass is 10.1. The highest BCUT2D eigenvalue weighted by Gasteiger charge is 2.29. The number of hydrogen-bond acceptors (Lipinski definition) is 3. The van der Waals surface area contributed by atoms with Crippen LogP contribution in [0.3, 0.4) is 0 Å². The van der Waals surface area contributed by atoms with E-state index in [1.54, 1.807) is 0 Å². The van der Waals surface area contributed by atoms with Crippen molar-refractivity contribution in [1.82, 2.24) is 15.2 Å². The maximum atomic E-state index is 12.0. The quantitative estimate of drug-likeness (QED) is 0.559. The maximum absolute atomic E-state index is 12.0. The summed E-state index contributed by atoms with van der Waals surface area (Å²) in [4.78, 5) is 18.1. The summed E-state index contributed by atoms with van der Waals surface area (Å²) in [6, 6.07) is 4.50. The molecule has 1 aromatic rings. The molecule has 0 unspecified atom stereocenters. The molecule has 0 radical (unpaired) electrons. The molecule has 1 aromatic heterocycles. The molecule has 0 aromatic carbocycles. The molecule has 1 atom stereocenters. The van der Waals surface area contributed by atoms with Crippen molar-refractivity contribution in [2.75, 3.05) is 19.6 Å². The Labute approximate surface area is 127 Å². The number of carbonyl (C=O) groups excluding carboxylic acids is 1. The van der Waals surface area contributed by atoms with Crippen molar-refractivity contribution in [2.24, 2.45) is 0 Å².